The third kappa shape index (κ3) is 7.79. The average Bonchev–Trinajstić information content (AvgIpc) is 2.64. The number of carboxylic acid groups (broad SMARTS) is 2. The summed E-state index contributed by atoms with van der Waals surface area (Å²) in [6, 6.07) is 10.5. The molecule has 0 aliphatic carbocycles. The van der Waals surface area contributed by atoms with E-state index in [0.29, 0.717) is 11.1 Å². The molecule has 0 amide bonds. The molecule has 0 heterocycles. The topological polar surface area (TPSA) is 110 Å². The Morgan fingerprint density at radius 2 is 1.57 bits per heavy atom. The van der Waals surface area contributed by atoms with E-state index in [1.54, 1.807) is 18.2 Å². The molecule has 0 atom stereocenters. The van der Waals surface area contributed by atoms with Crippen LogP contribution in [0.5, 0.6) is 11.5 Å². The predicted molar refractivity (Wildman–Crippen MR) is 95.1 cm³/mol. The second kappa shape index (κ2) is 12.8. The number of allylic oxidation sites excluding steroid dienone is 1. The molecular weight excluding hydrogens is 386 g/mol. The van der Waals surface area contributed by atoms with E-state index >= 15 is 0 Å². The van der Waals surface area contributed by atoms with Crippen molar-refractivity contribution in [2.24, 2.45) is 0 Å². The molecule has 0 radical (unpaired) electrons. The molecule has 2 N–H and O–H groups in total. The van der Waals surface area contributed by atoms with E-state index in [0.717, 1.165) is 0 Å². The van der Waals surface area contributed by atoms with Crippen molar-refractivity contribution in [2.45, 2.75) is 0 Å². The second-order valence-electron chi connectivity index (χ2n) is 5.17. The molecule has 0 spiro atoms. The average molecular weight is 404 g/mol. The van der Waals surface area contributed by atoms with Crippen LogP contribution in [0.4, 0.5) is 0 Å². The number of ether oxygens (including phenoxy) is 2. The van der Waals surface area contributed by atoms with Gasteiger partial charge in [0.25, 0.3) is 0 Å². The van der Waals surface area contributed by atoms with Crippen LogP contribution >= 0.6 is 0 Å². The van der Waals surface area contributed by atoms with Crippen LogP contribution in [-0.2, 0) is 4.79 Å². The number of aromatic carboxylic acids is 1. The van der Waals surface area contributed by atoms with Crippen molar-refractivity contribution in [2.75, 3.05) is 13.7 Å². The molecular formula is C19H18Na2O7. The molecule has 2 rings (SSSR count). The maximum Gasteiger partial charge on any atom is 1.00 e. The molecule has 0 fully saturated rings. The summed E-state index contributed by atoms with van der Waals surface area (Å²) in [5.74, 6) is -1.97. The first-order chi connectivity index (χ1) is 12.4. The van der Waals surface area contributed by atoms with Crippen LogP contribution in [0.1, 0.15) is 29.1 Å². The standard InChI is InChI=1S/C19H16O7.2Na.2H/c1-25-17-10-14(7-9-16(17)26-11-18(21)22)15(20)8-4-12-2-5-13(6-3-12)19(23)24;;;;/h2-10H,11H2,1H3,(H,21,22)(H,23,24);;;;/q;2*+1;2*-1/b8-4+;;;;. The molecule has 0 aromatic heterocycles. The van der Waals surface area contributed by atoms with Crippen LogP contribution in [0.3, 0.4) is 0 Å². The fourth-order valence-electron chi connectivity index (χ4n) is 2.08. The summed E-state index contributed by atoms with van der Waals surface area (Å²) in [5, 5.41) is 17.5. The van der Waals surface area contributed by atoms with E-state index in [2.05, 4.69) is 0 Å². The van der Waals surface area contributed by atoms with Crippen molar-refractivity contribution in [1.29, 1.82) is 0 Å². The molecule has 0 saturated carbocycles. The van der Waals surface area contributed by atoms with Crippen LogP contribution in [0.15, 0.2) is 48.5 Å². The van der Waals surface area contributed by atoms with Crippen molar-refractivity contribution >= 4 is 23.8 Å². The minimum absolute atomic E-state index is 0. The molecule has 0 saturated heterocycles. The Morgan fingerprint density at radius 3 is 2.11 bits per heavy atom. The maximum atomic E-state index is 12.3. The van der Waals surface area contributed by atoms with Gasteiger partial charge in [-0.2, -0.15) is 0 Å². The normalized spacial score (nSPS) is 9.75. The summed E-state index contributed by atoms with van der Waals surface area (Å²) in [4.78, 5) is 33.6. The number of rotatable bonds is 8. The van der Waals surface area contributed by atoms with Crippen molar-refractivity contribution in [3.05, 3.63) is 65.2 Å². The van der Waals surface area contributed by atoms with Crippen LogP contribution in [0.2, 0.25) is 0 Å². The summed E-state index contributed by atoms with van der Waals surface area (Å²) in [6.45, 7) is -0.518. The molecule has 0 unspecified atom stereocenters. The zero-order chi connectivity index (χ0) is 19.1. The van der Waals surface area contributed by atoms with Crippen molar-refractivity contribution < 1.29 is 96.0 Å². The van der Waals surface area contributed by atoms with E-state index in [9.17, 15) is 14.4 Å². The summed E-state index contributed by atoms with van der Waals surface area (Å²) < 4.78 is 10.2. The molecule has 0 aliphatic heterocycles. The first-order valence-corrected chi connectivity index (χ1v) is 7.49. The summed E-state index contributed by atoms with van der Waals surface area (Å²) in [6.07, 6.45) is 2.91. The van der Waals surface area contributed by atoms with Gasteiger partial charge in [-0.1, -0.05) is 18.2 Å². The van der Waals surface area contributed by atoms with Gasteiger partial charge >= 0.3 is 71.1 Å². The fraction of sp³-hybridized carbons (Fsp3) is 0.105. The van der Waals surface area contributed by atoms with Gasteiger partial charge < -0.3 is 22.5 Å². The largest absolute Gasteiger partial charge is 1.00 e. The minimum Gasteiger partial charge on any atom is -1.00 e. The van der Waals surface area contributed by atoms with Crippen LogP contribution in [-0.4, -0.2) is 41.7 Å². The van der Waals surface area contributed by atoms with Gasteiger partial charge in [0.05, 0.1) is 12.7 Å². The van der Waals surface area contributed by atoms with Gasteiger partial charge in [0.15, 0.2) is 23.9 Å². The summed E-state index contributed by atoms with van der Waals surface area (Å²) in [5.41, 5.74) is 1.18. The fourth-order valence-corrected chi connectivity index (χ4v) is 2.08. The zero-order valence-electron chi connectivity index (χ0n) is 17.8. The van der Waals surface area contributed by atoms with Crippen molar-refractivity contribution in [1.82, 2.24) is 0 Å². The maximum absolute atomic E-state index is 12.3. The van der Waals surface area contributed by atoms with Gasteiger partial charge in [-0.15, -0.1) is 0 Å². The second-order valence-corrected chi connectivity index (χ2v) is 5.17. The van der Waals surface area contributed by atoms with Crippen molar-refractivity contribution in [3.63, 3.8) is 0 Å². The molecule has 2 aromatic rings. The Labute approximate surface area is 208 Å². The van der Waals surface area contributed by atoms with E-state index in [-0.39, 0.29) is 84.8 Å². The number of benzene rings is 2. The Bertz CT molecular complexity index is 872. The summed E-state index contributed by atoms with van der Waals surface area (Å²) >= 11 is 0. The number of hydrogen-bond acceptors (Lipinski definition) is 5. The Hall–Kier alpha value is -1.61. The Kier molecular flexibility index (Phi) is 12.0. The number of ketones is 1. The molecule has 28 heavy (non-hydrogen) atoms. The monoisotopic (exact) mass is 404 g/mol. The molecule has 9 heteroatoms. The first kappa shape index (κ1) is 26.4. The summed E-state index contributed by atoms with van der Waals surface area (Å²) in [7, 11) is 1.39. The van der Waals surface area contributed by atoms with E-state index < -0.39 is 18.5 Å². The van der Waals surface area contributed by atoms with Gasteiger partial charge in [0, 0.05) is 5.56 Å². The number of carbonyl (C=O) groups excluding carboxylic acids is 1. The van der Waals surface area contributed by atoms with Gasteiger partial charge in [0.2, 0.25) is 0 Å². The quantitative estimate of drug-likeness (QED) is 0.274. The van der Waals surface area contributed by atoms with Crippen LogP contribution in [0.25, 0.3) is 6.08 Å². The van der Waals surface area contributed by atoms with Crippen LogP contribution < -0.4 is 68.6 Å². The molecule has 7 nitrogen and oxygen atoms in total. The minimum atomic E-state index is -1.12. The number of hydrogen-bond donors (Lipinski definition) is 2. The SMILES string of the molecule is COc1cc(C(=O)/C=C/c2ccc(C(=O)O)cc2)ccc1OCC(=O)O.[H-].[H-].[Na+].[Na+]. The van der Waals surface area contributed by atoms with Crippen molar-refractivity contribution in [3.8, 4) is 11.5 Å². The third-order valence-corrected chi connectivity index (χ3v) is 3.38. The number of carbonyl (C=O) groups is 3. The van der Waals surface area contributed by atoms with E-state index in [1.165, 1.54) is 43.5 Å². The first-order valence-electron chi connectivity index (χ1n) is 7.49. The molecule has 2 aromatic carbocycles. The number of carboxylic acids is 2. The third-order valence-electron chi connectivity index (χ3n) is 3.38. The molecule has 0 aliphatic rings. The van der Waals surface area contributed by atoms with Gasteiger partial charge in [-0.05, 0) is 42.0 Å². The Morgan fingerprint density at radius 1 is 0.964 bits per heavy atom. The van der Waals surface area contributed by atoms with Gasteiger partial charge in [-0.3, -0.25) is 4.79 Å². The predicted octanol–water partition coefficient (Wildman–Crippen LogP) is -3.01. The molecule has 0 bridgehead atoms. The van der Waals surface area contributed by atoms with Gasteiger partial charge in [0.1, 0.15) is 0 Å². The smallest absolute Gasteiger partial charge is 1.00 e. The Balaban J connectivity index is -0.00000182. The van der Waals surface area contributed by atoms with Gasteiger partial charge in [-0.25, -0.2) is 9.59 Å². The number of aliphatic carboxylic acids is 1. The molecule has 138 valence electrons. The number of methoxy groups -OCH3 is 1. The van der Waals surface area contributed by atoms with E-state index in [1.807, 2.05) is 0 Å². The zero-order valence-corrected chi connectivity index (χ0v) is 19.8. The van der Waals surface area contributed by atoms with E-state index in [4.69, 9.17) is 19.7 Å². The van der Waals surface area contributed by atoms with Crippen LogP contribution in [0, 0.1) is 0 Å².